The lowest BCUT2D eigenvalue weighted by atomic mass is 10.00. The molecule has 0 radical (unpaired) electrons. The molecular formula is C16H19BrO. The summed E-state index contributed by atoms with van der Waals surface area (Å²) in [4.78, 5) is 0.434. The van der Waals surface area contributed by atoms with Gasteiger partial charge in [0.1, 0.15) is 5.75 Å². The molecule has 0 fully saturated rings. The van der Waals surface area contributed by atoms with Gasteiger partial charge >= 0.3 is 0 Å². The Morgan fingerprint density at radius 1 is 1.06 bits per heavy atom. The van der Waals surface area contributed by atoms with Crippen molar-refractivity contribution in [3.05, 3.63) is 42.0 Å². The van der Waals surface area contributed by atoms with Gasteiger partial charge < -0.3 is 4.74 Å². The Kier molecular flexibility index (Phi) is 4.28. The Labute approximate surface area is 117 Å². The maximum absolute atomic E-state index is 5.24. The summed E-state index contributed by atoms with van der Waals surface area (Å²) in [5.41, 5.74) is 1.35. The average Bonchev–Trinajstić information content (AvgIpc) is 2.36. The Morgan fingerprint density at radius 3 is 2.39 bits per heavy atom. The molecular weight excluding hydrogens is 288 g/mol. The number of hydrogen-bond donors (Lipinski definition) is 0. The molecule has 1 atom stereocenters. The molecule has 0 aliphatic heterocycles. The van der Waals surface area contributed by atoms with Gasteiger partial charge in [0.05, 0.1) is 7.11 Å². The third-order valence-corrected chi connectivity index (χ3v) is 4.01. The highest BCUT2D eigenvalue weighted by Crippen LogP contribution is 2.32. The zero-order valence-electron chi connectivity index (χ0n) is 11.1. The molecule has 0 aliphatic rings. The molecule has 1 nitrogen and oxygen atoms in total. The molecule has 0 amide bonds. The monoisotopic (exact) mass is 306 g/mol. The van der Waals surface area contributed by atoms with Crippen LogP contribution in [0.1, 0.15) is 30.7 Å². The quantitative estimate of drug-likeness (QED) is 0.694. The van der Waals surface area contributed by atoms with Crippen LogP contribution < -0.4 is 4.74 Å². The van der Waals surface area contributed by atoms with Crippen molar-refractivity contribution in [1.29, 1.82) is 0 Å². The molecule has 0 saturated heterocycles. The summed E-state index contributed by atoms with van der Waals surface area (Å²) in [6.07, 6.45) is 1.15. The van der Waals surface area contributed by atoms with Crippen molar-refractivity contribution >= 4 is 26.7 Å². The number of halogens is 1. The Hall–Kier alpha value is -1.02. The lowest BCUT2D eigenvalue weighted by Crippen LogP contribution is -1.95. The molecule has 0 spiro atoms. The van der Waals surface area contributed by atoms with Crippen LogP contribution in [-0.4, -0.2) is 7.11 Å². The highest BCUT2D eigenvalue weighted by Gasteiger charge is 2.10. The van der Waals surface area contributed by atoms with Gasteiger partial charge in [0.2, 0.25) is 0 Å². The minimum Gasteiger partial charge on any atom is -0.497 e. The van der Waals surface area contributed by atoms with E-state index in [2.05, 4.69) is 60.1 Å². The fraction of sp³-hybridized carbons (Fsp3) is 0.375. The number of alkyl halides is 1. The summed E-state index contributed by atoms with van der Waals surface area (Å²) < 4.78 is 5.24. The zero-order valence-corrected chi connectivity index (χ0v) is 12.7. The van der Waals surface area contributed by atoms with Crippen molar-refractivity contribution in [2.75, 3.05) is 7.11 Å². The first-order chi connectivity index (χ1) is 8.60. The Morgan fingerprint density at radius 2 is 1.72 bits per heavy atom. The van der Waals surface area contributed by atoms with Gasteiger partial charge in [-0.25, -0.2) is 0 Å². The van der Waals surface area contributed by atoms with Crippen LogP contribution in [0.25, 0.3) is 10.8 Å². The van der Waals surface area contributed by atoms with Crippen LogP contribution in [-0.2, 0) is 0 Å². The average molecular weight is 307 g/mol. The van der Waals surface area contributed by atoms with E-state index in [0.717, 1.165) is 12.2 Å². The SMILES string of the molecule is COc1ccc2cc(C(Br)CC(C)C)ccc2c1. The number of ether oxygens (including phenoxy) is 1. The van der Waals surface area contributed by atoms with Crippen LogP contribution in [0.3, 0.4) is 0 Å². The predicted molar refractivity (Wildman–Crippen MR) is 81.6 cm³/mol. The summed E-state index contributed by atoms with van der Waals surface area (Å²) >= 11 is 3.78. The second-order valence-corrected chi connectivity index (χ2v) is 6.17. The van der Waals surface area contributed by atoms with Crippen LogP contribution in [0.15, 0.2) is 36.4 Å². The van der Waals surface area contributed by atoms with Crippen LogP contribution in [0, 0.1) is 5.92 Å². The van der Waals surface area contributed by atoms with Crippen molar-refractivity contribution in [1.82, 2.24) is 0 Å². The summed E-state index contributed by atoms with van der Waals surface area (Å²) in [5.74, 6) is 1.61. The fourth-order valence-corrected chi connectivity index (χ4v) is 3.15. The van der Waals surface area contributed by atoms with E-state index in [0.29, 0.717) is 10.7 Å². The van der Waals surface area contributed by atoms with E-state index in [9.17, 15) is 0 Å². The van der Waals surface area contributed by atoms with E-state index >= 15 is 0 Å². The molecule has 0 N–H and O–H groups in total. The van der Waals surface area contributed by atoms with E-state index in [-0.39, 0.29) is 0 Å². The first kappa shape index (κ1) is 13.4. The molecule has 0 heterocycles. The molecule has 0 bridgehead atoms. The van der Waals surface area contributed by atoms with E-state index in [1.165, 1.54) is 16.3 Å². The van der Waals surface area contributed by atoms with Crippen molar-refractivity contribution < 1.29 is 4.74 Å². The summed E-state index contributed by atoms with van der Waals surface area (Å²) in [6, 6.07) is 12.8. The molecule has 18 heavy (non-hydrogen) atoms. The normalized spacial score (nSPS) is 12.9. The molecule has 2 aromatic rings. The van der Waals surface area contributed by atoms with Gasteiger partial charge in [-0.3, -0.25) is 0 Å². The van der Waals surface area contributed by atoms with Crippen molar-refractivity contribution in [3.8, 4) is 5.75 Å². The zero-order chi connectivity index (χ0) is 13.1. The second-order valence-electron chi connectivity index (χ2n) is 5.07. The number of benzene rings is 2. The van der Waals surface area contributed by atoms with Gasteiger partial charge in [-0.1, -0.05) is 54.0 Å². The van der Waals surface area contributed by atoms with Gasteiger partial charge in [-0.2, -0.15) is 0 Å². The Bertz CT molecular complexity index is 534. The van der Waals surface area contributed by atoms with E-state index < -0.39 is 0 Å². The van der Waals surface area contributed by atoms with E-state index in [1.54, 1.807) is 7.11 Å². The Balaban J connectivity index is 2.33. The third kappa shape index (κ3) is 3.05. The van der Waals surface area contributed by atoms with Crippen molar-refractivity contribution in [2.24, 2.45) is 5.92 Å². The third-order valence-electron chi connectivity index (χ3n) is 3.11. The molecule has 2 rings (SSSR count). The molecule has 0 aromatic heterocycles. The molecule has 96 valence electrons. The van der Waals surface area contributed by atoms with Crippen LogP contribution in [0.2, 0.25) is 0 Å². The number of rotatable bonds is 4. The summed E-state index contributed by atoms with van der Waals surface area (Å²) in [5, 5.41) is 2.49. The molecule has 2 heteroatoms. The van der Waals surface area contributed by atoms with E-state index in [1.807, 2.05) is 6.07 Å². The van der Waals surface area contributed by atoms with Gasteiger partial charge in [0.25, 0.3) is 0 Å². The van der Waals surface area contributed by atoms with Crippen LogP contribution >= 0.6 is 15.9 Å². The standard InChI is InChI=1S/C16H19BrO/c1-11(2)8-16(17)14-5-4-13-10-15(18-3)7-6-12(13)9-14/h4-7,9-11,16H,8H2,1-3H3. The second kappa shape index (κ2) is 5.75. The molecule has 0 saturated carbocycles. The molecule has 1 unspecified atom stereocenters. The highest BCUT2D eigenvalue weighted by atomic mass is 79.9. The first-order valence-electron chi connectivity index (χ1n) is 6.32. The fourth-order valence-electron chi connectivity index (χ4n) is 2.11. The lowest BCUT2D eigenvalue weighted by molar-refractivity contribution is 0.415. The van der Waals surface area contributed by atoms with Crippen LogP contribution in [0.5, 0.6) is 5.75 Å². The lowest BCUT2D eigenvalue weighted by Gasteiger charge is -2.13. The largest absolute Gasteiger partial charge is 0.497 e. The summed E-state index contributed by atoms with van der Waals surface area (Å²) in [7, 11) is 1.70. The maximum atomic E-state index is 5.24. The molecule has 0 aliphatic carbocycles. The van der Waals surface area contributed by atoms with Gasteiger partial charge in [-0.15, -0.1) is 0 Å². The van der Waals surface area contributed by atoms with E-state index in [4.69, 9.17) is 4.74 Å². The van der Waals surface area contributed by atoms with Crippen molar-refractivity contribution in [2.45, 2.75) is 25.1 Å². The number of hydrogen-bond acceptors (Lipinski definition) is 1. The smallest absolute Gasteiger partial charge is 0.119 e. The first-order valence-corrected chi connectivity index (χ1v) is 7.23. The maximum Gasteiger partial charge on any atom is 0.119 e. The molecule has 2 aromatic carbocycles. The predicted octanol–water partition coefficient (Wildman–Crippen LogP) is 5.33. The van der Waals surface area contributed by atoms with Gasteiger partial charge in [0.15, 0.2) is 0 Å². The van der Waals surface area contributed by atoms with Crippen molar-refractivity contribution in [3.63, 3.8) is 0 Å². The van der Waals surface area contributed by atoms with Gasteiger partial charge in [-0.05, 0) is 40.8 Å². The van der Waals surface area contributed by atoms with Gasteiger partial charge in [0, 0.05) is 4.83 Å². The number of methoxy groups -OCH3 is 1. The minimum absolute atomic E-state index is 0.434. The highest BCUT2D eigenvalue weighted by molar-refractivity contribution is 9.09. The topological polar surface area (TPSA) is 9.23 Å². The summed E-state index contributed by atoms with van der Waals surface area (Å²) in [6.45, 7) is 4.50. The van der Waals surface area contributed by atoms with Crippen LogP contribution in [0.4, 0.5) is 0 Å². The minimum atomic E-state index is 0.434. The number of fused-ring (bicyclic) bond motifs is 1.